The summed E-state index contributed by atoms with van der Waals surface area (Å²) in [6.07, 6.45) is 6.37. The topological polar surface area (TPSA) is 84.3 Å². The molecule has 1 N–H and O–H groups in total. The molecule has 8 heteroatoms. The van der Waals surface area contributed by atoms with E-state index in [1.807, 2.05) is 54.1 Å². The van der Waals surface area contributed by atoms with Crippen molar-refractivity contribution in [2.75, 3.05) is 10.6 Å². The van der Waals surface area contributed by atoms with Crippen LogP contribution in [0.5, 0.6) is 0 Å². The lowest BCUT2D eigenvalue weighted by atomic mass is 10.2. The molecule has 0 aliphatic heterocycles. The minimum absolute atomic E-state index is 0.304. The fourth-order valence-electron chi connectivity index (χ4n) is 3.04. The monoisotopic (exact) mass is 412 g/mol. The average Bonchev–Trinajstić information content (AvgIpc) is 3.22. The van der Waals surface area contributed by atoms with E-state index in [-0.39, 0.29) is 5.91 Å². The van der Waals surface area contributed by atoms with Crippen molar-refractivity contribution in [3.05, 3.63) is 78.4 Å². The first-order valence-corrected chi connectivity index (χ1v) is 11.0. The van der Waals surface area contributed by atoms with E-state index in [9.17, 15) is 13.2 Å². The second-order valence-corrected chi connectivity index (χ2v) is 8.78. The van der Waals surface area contributed by atoms with Crippen LogP contribution in [0.15, 0.2) is 67.3 Å². The second kappa shape index (κ2) is 8.48. The first-order chi connectivity index (χ1) is 13.8. The summed E-state index contributed by atoms with van der Waals surface area (Å²) < 4.78 is 27.7. The van der Waals surface area contributed by atoms with Gasteiger partial charge < -0.3 is 9.88 Å². The molecule has 3 rings (SSSR count). The second-order valence-electron chi connectivity index (χ2n) is 6.92. The van der Waals surface area contributed by atoms with E-state index in [4.69, 9.17) is 0 Å². The number of carbonyl (C=O) groups excluding carboxylic acids is 1. The van der Waals surface area contributed by atoms with Crippen molar-refractivity contribution >= 4 is 21.6 Å². The third kappa shape index (κ3) is 5.03. The molecule has 0 bridgehead atoms. The Kier molecular flexibility index (Phi) is 6.03. The summed E-state index contributed by atoms with van der Waals surface area (Å²) in [5, 5.41) is 2.82. The smallest absolute Gasteiger partial charge is 0.243 e. The van der Waals surface area contributed by atoms with Crippen LogP contribution in [0.1, 0.15) is 18.1 Å². The molecule has 152 valence electrons. The van der Waals surface area contributed by atoms with Gasteiger partial charge in [-0.15, -0.1) is 0 Å². The number of benzene rings is 2. The number of hydrogen-bond acceptors (Lipinski definition) is 4. The van der Waals surface area contributed by atoms with Gasteiger partial charge in [-0.1, -0.05) is 29.8 Å². The molecule has 1 aromatic heterocycles. The normalized spacial score (nSPS) is 12.4. The minimum Gasteiger partial charge on any atom is -0.350 e. The minimum atomic E-state index is -3.62. The van der Waals surface area contributed by atoms with Crippen molar-refractivity contribution in [3.63, 3.8) is 0 Å². The van der Waals surface area contributed by atoms with Crippen molar-refractivity contribution in [3.8, 4) is 5.69 Å². The lowest BCUT2D eigenvalue weighted by Crippen LogP contribution is -2.47. The van der Waals surface area contributed by atoms with Crippen LogP contribution in [-0.4, -0.2) is 36.2 Å². The Morgan fingerprint density at radius 3 is 2.34 bits per heavy atom. The van der Waals surface area contributed by atoms with Gasteiger partial charge in [0.25, 0.3) is 0 Å². The summed E-state index contributed by atoms with van der Waals surface area (Å²) in [5.41, 5.74) is 3.35. The van der Waals surface area contributed by atoms with Gasteiger partial charge in [0.1, 0.15) is 6.04 Å². The molecule has 0 unspecified atom stereocenters. The van der Waals surface area contributed by atoms with Crippen molar-refractivity contribution in [2.24, 2.45) is 0 Å². The van der Waals surface area contributed by atoms with Crippen LogP contribution in [0.2, 0.25) is 0 Å². The maximum atomic E-state index is 12.7. The maximum absolute atomic E-state index is 12.7. The van der Waals surface area contributed by atoms with Crippen molar-refractivity contribution in [1.82, 2.24) is 14.9 Å². The summed E-state index contributed by atoms with van der Waals surface area (Å²) in [5.74, 6) is -0.366. The Labute approximate surface area is 171 Å². The quantitative estimate of drug-likeness (QED) is 0.647. The van der Waals surface area contributed by atoms with Gasteiger partial charge in [0, 0.05) is 24.6 Å². The Morgan fingerprint density at radius 1 is 1.14 bits per heavy atom. The zero-order valence-electron chi connectivity index (χ0n) is 16.6. The fourth-order valence-corrected chi connectivity index (χ4v) is 4.21. The lowest BCUT2D eigenvalue weighted by molar-refractivity contribution is -0.122. The zero-order chi connectivity index (χ0) is 21.0. The molecule has 0 saturated heterocycles. The predicted molar refractivity (Wildman–Crippen MR) is 113 cm³/mol. The van der Waals surface area contributed by atoms with Crippen LogP contribution in [0, 0.1) is 6.92 Å². The molecule has 7 nitrogen and oxygen atoms in total. The van der Waals surface area contributed by atoms with Crippen LogP contribution in [-0.2, 0) is 21.4 Å². The van der Waals surface area contributed by atoms with E-state index in [2.05, 4.69) is 10.3 Å². The van der Waals surface area contributed by atoms with E-state index >= 15 is 0 Å². The van der Waals surface area contributed by atoms with Crippen LogP contribution in [0.3, 0.4) is 0 Å². The van der Waals surface area contributed by atoms with Gasteiger partial charge in [-0.25, -0.2) is 13.4 Å². The first kappa shape index (κ1) is 20.6. The van der Waals surface area contributed by atoms with Crippen molar-refractivity contribution in [2.45, 2.75) is 26.4 Å². The number of nitrogens with zero attached hydrogens (tertiary/aromatic N) is 3. The number of aromatic nitrogens is 2. The number of hydrogen-bond donors (Lipinski definition) is 1. The van der Waals surface area contributed by atoms with E-state index in [1.54, 1.807) is 31.6 Å². The fraction of sp³-hybridized carbons (Fsp3) is 0.238. The van der Waals surface area contributed by atoms with Crippen LogP contribution >= 0.6 is 0 Å². The summed E-state index contributed by atoms with van der Waals surface area (Å²) in [6.45, 7) is 3.81. The van der Waals surface area contributed by atoms with Gasteiger partial charge in [0.2, 0.25) is 15.9 Å². The third-order valence-corrected chi connectivity index (χ3v) is 5.82. The molecule has 29 heavy (non-hydrogen) atoms. The molecule has 1 atom stereocenters. The lowest BCUT2D eigenvalue weighted by Gasteiger charge is -2.28. The van der Waals surface area contributed by atoms with Crippen LogP contribution in [0.25, 0.3) is 5.69 Å². The van der Waals surface area contributed by atoms with Crippen molar-refractivity contribution in [1.29, 1.82) is 0 Å². The largest absolute Gasteiger partial charge is 0.350 e. The standard InChI is InChI=1S/C21H24N4O3S/c1-16-4-8-20(9-5-16)25(29(3,27)28)17(2)21(26)23-14-18-6-10-19(11-7-18)24-13-12-22-15-24/h4-13,15,17H,14H2,1-3H3,(H,23,26)/t17-/m0/s1. The van der Waals surface area contributed by atoms with Crippen LogP contribution < -0.4 is 9.62 Å². The maximum Gasteiger partial charge on any atom is 0.243 e. The van der Waals surface area contributed by atoms with Gasteiger partial charge in [-0.2, -0.15) is 0 Å². The summed E-state index contributed by atoms with van der Waals surface area (Å²) in [6, 6.07) is 13.9. The number of amides is 1. The first-order valence-electron chi connectivity index (χ1n) is 9.17. The highest BCUT2D eigenvalue weighted by molar-refractivity contribution is 7.92. The van der Waals surface area contributed by atoms with Gasteiger partial charge >= 0.3 is 0 Å². The van der Waals surface area contributed by atoms with E-state index < -0.39 is 16.1 Å². The molecule has 0 spiro atoms. The molecule has 2 aromatic carbocycles. The number of carbonyl (C=O) groups is 1. The number of anilines is 1. The third-order valence-electron chi connectivity index (χ3n) is 4.58. The molecule has 0 fully saturated rings. The van der Waals surface area contributed by atoms with Gasteiger partial charge in [0.05, 0.1) is 18.3 Å². The van der Waals surface area contributed by atoms with Gasteiger partial charge in [-0.3, -0.25) is 9.10 Å². The number of sulfonamides is 1. The molecule has 1 heterocycles. The number of nitrogens with one attached hydrogen (secondary N) is 1. The molecule has 0 aliphatic rings. The van der Waals surface area contributed by atoms with Gasteiger partial charge in [0.15, 0.2) is 0 Å². The van der Waals surface area contributed by atoms with Crippen molar-refractivity contribution < 1.29 is 13.2 Å². The van der Waals surface area contributed by atoms with Gasteiger partial charge in [-0.05, 0) is 43.7 Å². The molecule has 1 amide bonds. The van der Waals surface area contributed by atoms with Crippen LogP contribution in [0.4, 0.5) is 5.69 Å². The van der Waals surface area contributed by atoms with E-state index in [0.717, 1.165) is 27.4 Å². The zero-order valence-corrected chi connectivity index (χ0v) is 17.4. The van der Waals surface area contributed by atoms with E-state index in [0.29, 0.717) is 12.2 Å². The number of imidazole rings is 1. The molecule has 0 saturated carbocycles. The molecular weight excluding hydrogens is 388 g/mol. The molecular formula is C21H24N4O3S. The predicted octanol–water partition coefficient (Wildman–Crippen LogP) is 2.65. The Morgan fingerprint density at radius 2 is 1.79 bits per heavy atom. The molecule has 0 aliphatic carbocycles. The van der Waals surface area contributed by atoms with E-state index in [1.165, 1.54) is 0 Å². The number of aryl methyl sites for hydroxylation is 1. The molecule has 0 radical (unpaired) electrons. The summed E-state index contributed by atoms with van der Waals surface area (Å²) in [4.78, 5) is 16.7. The Balaban J connectivity index is 1.69. The highest BCUT2D eigenvalue weighted by atomic mass is 32.2. The highest BCUT2D eigenvalue weighted by Crippen LogP contribution is 2.21. The Bertz CT molecular complexity index is 1060. The average molecular weight is 413 g/mol. The Hall–Kier alpha value is -3.13. The number of rotatable bonds is 7. The summed E-state index contributed by atoms with van der Waals surface area (Å²) >= 11 is 0. The summed E-state index contributed by atoms with van der Waals surface area (Å²) in [7, 11) is -3.62. The SMILES string of the molecule is Cc1ccc(N([C@@H](C)C(=O)NCc2ccc(-n3ccnc3)cc2)S(C)(=O)=O)cc1. The molecule has 3 aromatic rings. The highest BCUT2D eigenvalue weighted by Gasteiger charge is 2.28.